The molecule has 2 aromatic rings. The van der Waals surface area contributed by atoms with Crippen LogP contribution in [-0.2, 0) is 4.79 Å². The van der Waals surface area contributed by atoms with Crippen LogP contribution >= 0.6 is 0 Å². The summed E-state index contributed by atoms with van der Waals surface area (Å²) in [6.45, 7) is 1.52. The molecule has 120 valence electrons. The minimum absolute atomic E-state index is 0.104. The Morgan fingerprint density at radius 2 is 2.09 bits per heavy atom. The van der Waals surface area contributed by atoms with E-state index in [1.807, 2.05) is 35.2 Å². The molecule has 23 heavy (non-hydrogen) atoms. The molecule has 4 nitrogen and oxygen atoms in total. The standard InChI is InChI=1S/C19H21NO3/c21-19(20-10-3-6-16(20)18-8-4-11-22-18)13-14-9-12-23-17-7-2-1-5-15(14)17/h1-2,4-5,7-8,11,14,16H,3,6,9-10,12-13H2. The summed E-state index contributed by atoms with van der Waals surface area (Å²) in [7, 11) is 0. The highest BCUT2D eigenvalue weighted by molar-refractivity contribution is 5.78. The summed E-state index contributed by atoms with van der Waals surface area (Å²) in [5, 5.41) is 0. The van der Waals surface area contributed by atoms with Crippen LogP contribution in [0.15, 0.2) is 47.1 Å². The molecular weight excluding hydrogens is 290 g/mol. The van der Waals surface area contributed by atoms with Gasteiger partial charge in [0, 0.05) is 13.0 Å². The number of para-hydroxylation sites is 1. The van der Waals surface area contributed by atoms with Crippen LogP contribution in [0.2, 0.25) is 0 Å². The van der Waals surface area contributed by atoms with Gasteiger partial charge < -0.3 is 14.1 Å². The first-order chi connectivity index (χ1) is 11.3. The molecule has 3 heterocycles. The molecule has 0 spiro atoms. The SMILES string of the molecule is O=C(CC1CCOc2ccccc21)N1CCCC1c1ccco1. The molecule has 1 fully saturated rings. The molecule has 2 aliphatic heterocycles. The Morgan fingerprint density at radius 1 is 1.17 bits per heavy atom. The third-order valence-electron chi connectivity index (χ3n) is 4.95. The lowest BCUT2D eigenvalue weighted by molar-refractivity contribution is -0.133. The topological polar surface area (TPSA) is 42.7 Å². The Balaban J connectivity index is 1.50. The smallest absolute Gasteiger partial charge is 0.223 e. The quantitative estimate of drug-likeness (QED) is 0.863. The molecule has 2 aliphatic rings. The van der Waals surface area contributed by atoms with E-state index in [1.165, 1.54) is 5.56 Å². The molecule has 0 bridgehead atoms. The Labute approximate surface area is 136 Å². The van der Waals surface area contributed by atoms with E-state index in [9.17, 15) is 4.79 Å². The molecule has 0 radical (unpaired) electrons. The van der Waals surface area contributed by atoms with Crippen LogP contribution in [0.1, 0.15) is 49.0 Å². The number of furan rings is 1. The van der Waals surface area contributed by atoms with Gasteiger partial charge >= 0.3 is 0 Å². The number of amides is 1. The van der Waals surface area contributed by atoms with Gasteiger partial charge in [-0.3, -0.25) is 4.79 Å². The Bertz CT molecular complexity index is 680. The number of likely N-dealkylation sites (tertiary alicyclic amines) is 1. The van der Waals surface area contributed by atoms with Gasteiger partial charge in [-0.05, 0) is 48.9 Å². The molecular formula is C19H21NO3. The summed E-state index contributed by atoms with van der Waals surface area (Å²) in [6.07, 6.45) is 5.18. The van der Waals surface area contributed by atoms with Crippen molar-refractivity contribution in [3.8, 4) is 5.75 Å². The summed E-state index contributed by atoms with van der Waals surface area (Å²) >= 11 is 0. The van der Waals surface area contributed by atoms with E-state index >= 15 is 0 Å². The van der Waals surface area contributed by atoms with E-state index in [1.54, 1.807) is 6.26 Å². The summed E-state index contributed by atoms with van der Waals surface area (Å²) in [5.74, 6) is 2.32. The van der Waals surface area contributed by atoms with Gasteiger partial charge in [-0.15, -0.1) is 0 Å². The van der Waals surface area contributed by atoms with Crippen molar-refractivity contribution in [3.63, 3.8) is 0 Å². The van der Waals surface area contributed by atoms with E-state index < -0.39 is 0 Å². The van der Waals surface area contributed by atoms with Gasteiger partial charge in [0.1, 0.15) is 11.5 Å². The predicted octanol–water partition coefficient (Wildman–Crippen LogP) is 3.90. The lowest BCUT2D eigenvalue weighted by Gasteiger charge is -2.29. The van der Waals surface area contributed by atoms with Crippen LogP contribution in [-0.4, -0.2) is 24.0 Å². The van der Waals surface area contributed by atoms with E-state index in [-0.39, 0.29) is 17.9 Å². The van der Waals surface area contributed by atoms with Gasteiger partial charge in [0.25, 0.3) is 0 Å². The van der Waals surface area contributed by atoms with Gasteiger partial charge in [-0.1, -0.05) is 18.2 Å². The van der Waals surface area contributed by atoms with Gasteiger partial charge in [-0.2, -0.15) is 0 Å². The molecule has 4 heteroatoms. The summed E-state index contributed by atoms with van der Waals surface area (Å²) in [6, 6.07) is 12.1. The van der Waals surface area contributed by atoms with Crippen molar-refractivity contribution >= 4 is 5.91 Å². The fourth-order valence-electron chi connectivity index (χ4n) is 3.80. The molecule has 0 saturated carbocycles. The van der Waals surface area contributed by atoms with Crippen molar-refractivity contribution in [2.45, 2.75) is 37.6 Å². The lowest BCUT2D eigenvalue weighted by atomic mass is 9.89. The van der Waals surface area contributed by atoms with Crippen LogP contribution < -0.4 is 4.74 Å². The van der Waals surface area contributed by atoms with Gasteiger partial charge in [-0.25, -0.2) is 0 Å². The zero-order chi connectivity index (χ0) is 15.6. The van der Waals surface area contributed by atoms with Crippen molar-refractivity contribution in [1.82, 2.24) is 4.90 Å². The maximum Gasteiger partial charge on any atom is 0.223 e. The van der Waals surface area contributed by atoms with Crippen molar-refractivity contribution in [1.29, 1.82) is 0 Å². The number of ether oxygens (including phenoxy) is 1. The van der Waals surface area contributed by atoms with Crippen molar-refractivity contribution in [3.05, 3.63) is 54.0 Å². The number of nitrogens with zero attached hydrogens (tertiary/aromatic N) is 1. The average molecular weight is 311 g/mol. The first-order valence-corrected chi connectivity index (χ1v) is 8.37. The number of hydrogen-bond donors (Lipinski definition) is 0. The van der Waals surface area contributed by atoms with Gasteiger partial charge in [0.2, 0.25) is 5.91 Å². The molecule has 4 rings (SSSR count). The lowest BCUT2D eigenvalue weighted by Crippen LogP contribution is -2.32. The first kappa shape index (κ1) is 14.4. The number of hydrogen-bond acceptors (Lipinski definition) is 3. The third kappa shape index (κ3) is 2.74. The van der Waals surface area contributed by atoms with Crippen molar-refractivity contribution in [2.75, 3.05) is 13.2 Å². The molecule has 1 aromatic carbocycles. The predicted molar refractivity (Wildman–Crippen MR) is 86.3 cm³/mol. The molecule has 1 amide bonds. The Morgan fingerprint density at radius 3 is 2.96 bits per heavy atom. The molecule has 0 aliphatic carbocycles. The number of benzene rings is 1. The first-order valence-electron chi connectivity index (χ1n) is 8.37. The maximum absolute atomic E-state index is 12.9. The monoisotopic (exact) mass is 311 g/mol. The van der Waals surface area contributed by atoms with Crippen LogP contribution in [0.3, 0.4) is 0 Å². The minimum Gasteiger partial charge on any atom is -0.493 e. The normalized spacial score (nSPS) is 23.4. The van der Waals surface area contributed by atoms with Crippen LogP contribution in [0.5, 0.6) is 5.75 Å². The fourth-order valence-corrected chi connectivity index (χ4v) is 3.80. The summed E-state index contributed by atoms with van der Waals surface area (Å²) in [5.41, 5.74) is 1.17. The highest BCUT2D eigenvalue weighted by Crippen LogP contribution is 2.38. The van der Waals surface area contributed by atoms with Crippen LogP contribution in [0.4, 0.5) is 0 Å². The highest BCUT2D eigenvalue weighted by Gasteiger charge is 2.33. The van der Waals surface area contributed by atoms with Crippen LogP contribution in [0, 0.1) is 0 Å². The van der Waals surface area contributed by atoms with E-state index in [0.29, 0.717) is 13.0 Å². The average Bonchev–Trinajstić information content (AvgIpc) is 3.26. The van der Waals surface area contributed by atoms with Crippen molar-refractivity contribution < 1.29 is 13.9 Å². The third-order valence-corrected chi connectivity index (χ3v) is 4.95. The van der Waals surface area contributed by atoms with Crippen molar-refractivity contribution in [2.24, 2.45) is 0 Å². The van der Waals surface area contributed by atoms with E-state index in [4.69, 9.17) is 9.15 Å². The Kier molecular flexibility index (Phi) is 3.82. The minimum atomic E-state index is 0.104. The second kappa shape index (κ2) is 6.11. The molecule has 1 aromatic heterocycles. The summed E-state index contributed by atoms with van der Waals surface area (Å²) < 4.78 is 11.2. The molecule has 0 N–H and O–H groups in total. The molecule has 1 saturated heterocycles. The van der Waals surface area contributed by atoms with Gasteiger partial charge in [0.05, 0.1) is 18.9 Å². The zero-order valence-corrected chi connectivity index (χ0v) is 13.1. The molecule has 2 unspecified atom stereocenters. The van der Waals surface area contributed by atoms with Crippen LogP contribution in [0.25, 0.3) is 0 Å². The largest absolute Gasteiger partial charge is 0.493 e. The highest BCUT2D eigenvalue weighted by atomic mass is 16.5. The summed E-state index contributed by atoms with van der Waals surface area (Å²) in [4.78, 5) is 14.9. The van der Waals surface area contributed by atoms with Gasteiger partial charge in [0.15, 0.2) is 0 Å². The number of rotatable bonds is 3. The van der Waals surface area contributed by atoms with E-state index in [2.05, 4.69) is 6.07 Å². The second-order valence-corrected chi connectivity index (χ2v) is 6.34. The zero-order valence-electron chi connectivity index (χ0n) is 13.1. The fraction of sp³-hybridized carbons (Fsp3) is 0.421. The second-order valence-electron chi connectivity index (χ2n) is 6.34. The van der Waals surface area contributed by atoms with E-state index in [0.717, 1.165) is 37.3 Å². The number of carbonyl (C=O) groups excluding carboxylic acids is 1. The molecule has 2 atom stereocenters. The number of carbonyl (C=O) groups is 1. The maximum atomic E-state index is 12.9. The Hall–Kier alpha value is -2.23. The number of fused-ring (bicyclic) bond motifs is 1.